The first-order valence-electron chi connectivity index (χ1n) is 8.21. The fraction of sp³-hybridized carbons (Fsp3) is 0.350. The third-order valence-corrected chi connectivity index (χ3v) is 5.08. The number of amides is 1. The van der Waals surface area contributed by atoms with E-state index in [1.54, 1.807) is 18.9 Å². The molecule has 0 bridgehead atoms. The standard InChI is InChI=1S/C20H25NO2S/c1-5-18(16-11-12-19(23-4)14(2)13-16)21-20(22)15(3)24-17-9-7-6-8-10-17/h6-13,15,18H,5H2,1-4H3,(H,21,22)/t15-,18+/m1/s1. The van der Waals surface area contributed by atoms with Crippen LogP contribution in [0.2, 0.25) is 0 Å². The normalized spacial score (nSPS) is 13.2. The molecule has 1 amide bonds. The van der Waals surface area contributed by atoms with E-state index in [2.05, 4.69) is 18.3 Å². The summed E-state index contributed by atoms with van der Waals surface area (Å²) in [5, 5.41) is 3.03. The van der Waals surface area contributed by atoms with Gasteiger partial charge in [-0.05, 0) is 49.6 Å². The molecule has 2 rings (SSSR count). The summed E-state index contributed by atoms with van der Waals surface area (Å²) in [4.78, 5) is 13.6. The lowest BCUT2D eigenvalue weighted by atomic mass is 10.0. The Balaban J connectivity index is 2.03. The molecule has 0 spiro atoms. The summed E-state index contributed by atoms with van der Waals surface area (Å²) in [5.41, 5.74) is 2.19. The molecule has 0 aliphatic heterocycles. The van der Waals surface area contributed by atoms with Crippen LogP contribution < -0.4 is 10.1 Å². The molecule has 0 radical (unpaired) electrons. The molecule has 0 saturated heterocycles. The third kappa shape index (κ3) is 4.78. The van der Waals surface area contributed by atoms with Gasteiger partial charge in [-0.3, -0.25) is 4.79 Å². The Morgan fingerprint density at radius 2 is 1.92 bits per heavy atom. The van der Waals surface area contributed by atoms with Crippen LogP contribution in [-0.2, 0) is 4.79 Å². The summed E-state index contributed by atoms with van der Waals surface area (Å²) in [6.45, 7) is 6.04. The van der Waals surface area contributed by atoms with Crippen LogP contribution in [0.3, 0.4) is 0 Å². The van der Waals surface area contributed by atoms with E-state index in [-0.39, 0.29) is 17.2 Å². The zero-order valence-electron chi connectivity index (χ0n) is 14.7. The van der Waals surface area contributed by atoms with Gasteiger partial charge in [0.1, 0.15) is 5.75 Å². The maximum Gasteiger partial charge on any atom is 0.233 e. The first-order chi connectivity index (χ1) is 11.5. The number of nitrogens with one attached hydrogen (secondary N) is 1. The van der Waals surface area contributed by atoms with Gasteiger partial charge in [0, 0.05) is 4.90 Å². The van der Waals surface area contributed by atoms with Gasteiger partial charge in [0.2, 0.25) is 5.91 Å². The van der Waals surface area contributed by atoms with Gasteiger partial charge < -0.3 is 10.1 Å². The number of hydrogen-bond acceptors (Lipinski definition) is 3. The van der Waals surface area contributed by atoms with Gasteiger partial charge in [-0.2, -0.15) is 0 Å². The Morgan fingerprint density at radius 3 is 2.50 bits per heavy atom. The molecule has 0 unspecified atom stereocenters. The van der Waals surface area contributed by atoms with Crippen LogP contribution in [0.15, 0.2) is 53.4 Å². The van der Waals surface area contributed by atoms with Crippen molar-refractivity contribution in [2.75, 3.05) is 7.11 Å². The first kappa shape index (κ1) is 18.4. The summed E-state index contributed by atoms with van der Waals surface area (Å²) in [6, 6.07) is 16.1. The number of methoxy groups -OCH3 is 1. The van der Waals surface area contributed by atoms with Crippen molar-refractivity contribution in [3.8, 4) is 5.75 Å². The molecular formula is C20H25NO2S. The fourth-order valence-electron chi connectivity index (χ4n) is 2.59. The molecule has 0 heterocycles. The zero-order chi connectivity index (χ0) is 17.5. The van der Waals surface area contributed by atoms with Crippen LogP contribution in [0.1, 0.15) is 37.4 Å². The van der Waals surface area contributed by atoms with E-state index in [0.717, 1.165) is 28.2 Å². The predicted octanol–water partition coefficient (Wildman–Crippen LogP) is 4.75. The second-order valence-corrected chi connectivity index (χ2v) is 7.19. The molecule has 0 aliphatic rings. The maximum atomic E-state index is 12.5. The lowest BCUT2D eigenvalue weighted by molar-refractivity contribution is -0.121. The molecule has 0 fully saturated rings. The van der Waals surface area contributed by atoms with Crippen molar-refractivity contribution >= 4 is 17.7 Å². The van der Waals surface area contributed by atoms with Crippen molar-refractivity contribution in [1.29, 1.82) is 0 Å². The SMILES string of the molecule is CC[C@H](NC(=O)[C@@H](C)Sc1ccccc1)c1ccc(OC)c(C)c1. The van der Waals surface area contributed by atoms with E-state index in [4.69, 9.17) is 4.74 Å². The molecule has 0 saturated carbocycles. The lowest BCUT2D eigenvalue weighted by Crippen LogP contribution is -2.34. The molecule has 24 heavy (non-hydrogen) atoms. The smallest absolute Gasteiger partial charge is 0.233 e. The van der Waals surface area contributed by atoms with Crippen LogP contribution in [0.25, 0.3) is 0 Å². The number of thioether (sulfide) groups is 1. The van der Waals surface area contributed by atoms with Gasteiger partial charge in [-0.25, -0.2) is 0 Å². The second kappa shape index (κ2) is 8.78. The van der Waals surface area contributed by atoms with Crippen molar-refractivity contribution in [2.24, 2.45) is 0 Å². The number of benzene rings is 2. The number of hydrogen-bond donors (Lipinski definition) is 1. The Kier molecular flexibility index (Phi) is 6.73. The summed E-state index contributed by atoms with van der Waals surface area (Å²) in [7, 11) is 1.67. The average molecular weight is 343 g/mol. The number of ether oxygens (including phenoxy) is 1. The van der Waals surface area contributed by atoms with Crippen molar-refractivity contribution in [3.63, 3.8) is 0 Å². The van der Waals surface area contributed by atoms with Gasteiger partial charge in [-0.1, -0.05) is 37.3 Å². The minimum absolute atomic E-state index is 0.0147. The van der Waals surface area contributed by atoms with Gasteiger partial charge in [-0.15, -0.1) is 11.8 Å². The maximum absolute atomic E-state index is 12.5. The highest BCUT2D eigenvalue weighted by atomic mass is 32.2. The summed E-state index contributed by atoms with van der Waals surface area (Å²) in [5.74, 6) is 0.928. The molecule has 4 heteroatoms. The van der Waals surface area contributed by atoms with Crippen molar-refractivity contribution < 1.29 is 9.53 Å². The van der Waals surface area contributed by atoms with Crippen LogP contribution in [0.5, 0.6) is 5.75 Å². The van der Waals surface area contributed by atoms with E-state index < -0.39 is 0 Å². The van der Waals surface area contributed by atoms with Crippen molar-refractivity contribution in [1.82, 2.24) is 5.32 Å². The van der Waals surface area contributed by atoms with E-state index in [9.17, 15) is 4.79 Å². The summed E-state index contributed by atoms with van der Waals surface area (Å²) < 4.78 is 5.31. The van der Waals surface area contributed by atoms with Crippen LogP contribution in [0.4, 0.5) is 0 Å². The van der Waals surface area contributed by atoms with Crippen LogP contribution >= 0.6 is 11.8 Å². The molecule has 2 atom stereocenters. The van der Waals surface area contributed by atoms with Gasteiger partial charge in [0.25, 0.3) is 0 Å². The van der Waals surface area contributed by atoms with Gasteiger partial charge in [0.05, 0.1) is 18.4 Å². The van der Waals surface area contributed by atoms with Crippen LogP contribution in [-0.4, -0.2) is 18.3 Å². The lowest BCUT2D eigenvalue weighted by Gasteiger charge is -2.21. The minimum atomic E-state index is -0.138. The van der Waals surface area contributed by atoms with Crippen molar-refractivity contribution in [3.05, 3.63) is 59.7 Å². The number of aryl methyl sites for hydroxylation is 1. The third-order valence-electron chi connectivity index (χ3n) is 3.97. The van der Waals surface area contributed by atoms with Gasteiger partial charge in [0.15, 0.2) is 0 Å². The van der Waals surface area contributed by atoms with E-state index in [1.807, 2.05) is 56.3 Å². The van der Waals surface area contributed by atoms with Crippen molar-refractivity contribution in [2.45, 2.75) is 43.4 Å². The Hall–Kier alpha value is -1.94. The van der Waals surface area contributed by atoms with E-state index in [1.165, 1.54) is 0 Å². The Morgan fingerprint density at radius 1 is 1.21 bits per heavy atom. The number of rotatable bonds is 7. The Labute approximate surface area is 148 Å². The molecule has 2 aromatic rings. The molecule has 2 aromatic carbocycles. The van der Waals surface area contributed by atoms with Crippen LogP contribution in [0, 0.1) is 6.92 Å². The highest BCUT2D eigenvalue weighted by molar-refractivity contribution is 8.00. The van der Waals surface area contributed by atoms with E-state index in [0.29, 0.717) is 0 Å². The Bertz CT molecular complexity index is 673. The fourth-order valence-corrected chi connectivity index (χ4v) is 3.48. The predicted molar refractivity (Wildman–Crippen MR) is 101 cm³/mol. The average Bonchev–Trinajstić information content (AvgIpc) is 2.60. The molecular weight excluding hydrogens is 318 g/mol. The zero-order valence-corrected chi connectivity index (χ0v) is 15.5. The molecule has 1 N–H and O–H groups in total. The quantitative estimate of drug-likeness (QED) is 0.737. The monoisotopic (exact) mass is 343 g/mol. The number of carbonyl (C=O) groups excluding carboxylic acids is 1. The topological polar surface area (TPSA) is 38.3 Å². The summed E-state index contributed by atoms with van der Waals surface area (Å²) >= 11 is 1.58. The largest absolute Gasteiger partial charge is 0.496 e. The highest BCUT2D eigenvalue weighted by Gasteiger charge is 2.19. The molecule has 128 valence electrons. The first-order valence-corrected chi connectivity index (χ1v) is 9.09. The second-order valence-electron chi connectivity index (χ2n) is 5.77. The number of carbonyl (C=O) groups is 1. The van der Waals surface area contributed by atoms with E-state index >= 15 is 0 Å². The highest BCUT2D eigenvalue weighted by Crippen LogP contribution is 2.26. The molecule has 3 nitrogen and oxygen atoms in total. The molecule has 0 aromatic heterocycles. The minimum Gasteiger partial charge on any atom is -0.496 e. The summed E-state index contributed by atoms with van der Waals surface area (Å²) in [6.07, 6.45) is 0.847. The molecule has 0 aliphatic carbocycles. The van der Waals surface area contributed by atoms with Gasteiger partial charge >= 0.3 is 0 Å².